The lowest BCUT2D eigenvalue weighted by atomic mass is 9.87. The van der Waals surface area contributed by atoms with E-state index < -0.39 is 12.1 Å². The van der Waals surface area contributed by atoms with E-state index in [0.717, 1.165) is 42.6 Å². The van der Waals surface area contributed by atoms with E-state index in [0.29, 0.717) is 5.92 Å². The number of carbonyl (C=O) groups is 1. The van der Waals surface area contributed by atoms with E-state index in [4.69, 9.17) is 0 Å². The highest BCUT2D eigenvalue weighted by molar-refractivity contribution is 5.87. The molecule has 4 nitrogen and oxygen atoms in total. The summed E-state index contributed by atoms with van der Waals surface area (Å²) in [6.45, 7) is 5.69. The first-order valence-electron chi connectivity index (χ1n) is 8.45. The third-order valence-electron chi connectivity index (χ3n) is 5.42. The predicted octanol–water partition coefficient (Wildman–Crippen LogP) is 2.44. The third kappa shape index (κ3) is 2.09. The summed E-state index contributed by atoms with van der Waals surface area (Å²) < 4.78 is 0. The van der Waals surface area contributed by atoms with Gasteiger partial charge in [-0.3, -0.25) is 9.80 Å². The first-order valence-corrected chi connectivity index (χ1v) is 8.45. The highest BCUT2D eigenvalue weighted by Crippen LogP contribution is 2.43. The molecule has 0 aromatic heterocycles. The monoisotopic (exact) mass is 300 g/mol. The molecule has 0 bridgehead atoms. The smallest absolute Gasteiger partial charge is 0.248 e. The maximum atomic E-state index is 12.8. The van der Waals surface area contributed by atoms with Gasteiger partial charge in [0.2, 0.25) is 5.91 Å². The van der Waals surface area contributed by atoms with Crippen molar-refractivity contribution < 1.29 is 9.90 Å². The molecule has 2 atom stereocenters. The summed E-state index contributed by atoms with van der Waals surface area (Å²) in [5.41, 5.74) is 4.74. The lowest BCUT2D eigenvalue weighted by Gasteiger charge is -2.33. The minimum absolute atomic E-state index is 0.0672. The Bertz CT molecular complexity index is 601. The Kier molecular flexibility index (Phi) is 3.27. The van der Waals surface area contributed by atoms with E-state index >= 15 is 0 Å². The fourth-order valence-electron chi connectivity index (χ4n) is 4.18. The van der Waals surface area contributed by atoms with Crippen molar-refractivity contribution in [2.45, 2.75) is 57.6 Å². The summed E-state index contributed by atoms with van der Waals surface area (Å²) in [7, 11) is 0. The average Bonchev–Trinajstić information content (AvgIpc) is 3.31. The number of nitrogens with zero attached hydrogens (tertiary/aromatic N) is 2. The molecule has 2 unspecified atom stereocenters. The van der Waals surface area contributed by atoms with Crippen LogP contribution >= 0.6 is 0 Å². The maximum Gasteiger partial charge on any atom is 0.248 e. The molecule has 1 aliphatic carbocycles. The van der Waals surface area contributed by atoms with Crippen LogP contribution in [0.2, 0.25) is 0 Å². The van der Waals surface area contributed by atoms with Crippen molar-refractivity contribution in [2.24, 2.45) is 0 Å². The predicted molar refractivity (Wildman–Crippen MR) is 84.3 cm³/mol. The number of hydrogen-bond donors (Lipinski definition) is 1. The standard InChI is InChI=1S/C18H24N2O2/c1-11-9-14(13-5-6-13)10-12(2)15(11)16-17(21)19-7-3-4-8-20(19)18(16)22/h9-10,13,16-17,21H,3-8H2,1-2H3. The number of hydrazine groups is 1. The van der Waals surface area contributed by atoms with Crippen LogP contribution < -0.4 is 0 Å². The zero-order valence-electron chi connectivity index (χ0n) is 13.4. The van der Waals surface area contributed by atoms with Gasteiger partial charge in [-0.1, -0.05) is 12.1 Å². The van der Waals surface area contributed by atoms with E-state index in [1.807, 2.05) is 5.01 Å². The Hall–Kier alpha value is -1.39. The van der Waals surface area contributed by atoms with Crippen LogP contribution in [0.1, 0.15) is 59.8 Å². The van der Waals surface area contributed by atoms with Crippen LogP contribution in [-0.4, -0.2) is 40.3 Å². The third-order valence-corrected chi connectivity index (χ3v) is 5.42. The molecular formula is C18H24N2O2. The van der Waals surface area contributed by atoms with E-state index in [1.54, 1.807) is 5.01 Å². The van der Waals surface area contributed by atoms with Crippen LogP contribution in [0.3, 0.4) is 0 Å². The zero-order valence-corrected chi connectivity index (χ0v) is 13.4. The van der Waals surface area contributed by atoms with Crippen LogP contribution in [0, 0.1) is 13.8 Å². The Labute approximate surface area is 131 Å². The van der Waals surface area contributed by atoms with Gasteiger partial charge in [0.05, 0.1) is 0 Å². The van der Waals surface area contributed by atoms with Gasteiger partial charge in [-0.2, -0.15) is 5.01 Å². The van der Waals surface area contributed by atoms with Gasteiger partial charge in [0.25, 0.3) is 0 Å². The molecule has 1 N–H and O–H groups in total. The second kappa shape index (κ2) is 5.07. The molecule has 22 heavy (non-hydrogen) atoms. The summed E-state index contributed by atoms with van der Waals surface area (Å²) in [5, 5.41) is 14.3. The average molecular weight is 300 g/mol. The molecule has 2 heterocycles. The van der Waals surface area contributed by atoms with Gasteiger partial charge in [0, 0.05) is 13.1 Å². The van der Waals surface area contributed by atoms with Gasteiger partial charge in [-0.05, 0) is 67.7 Å². The molecule has 2 saturated heterocycles. The number of fused-ring (bicyclic) bond motifs is 1. The number of aliphatic hydroxyl groups is 1. The first kappa shape index (κ1) is 14.2. The van der Waals surface area contributed by atoms with E-state index in [-0.39, 0.29) is 5.91 Å². The minimum atomic E-state index is -0.711. The molecule has 2 aliphatic heterocycles. The van der Waals surface area contributed by atoms with Gasteiger partial charge >= 0.3 is 0 Å². The fraction of sp³-hybridized carbons (Fsp3) is 0.611. The topological polar surface area (TPSA) is 43.8 Å². The number of carbonyl (C=O) groups excluding carboxylic acids is 1. The molecule has 0 spiro atoms. The zero-order chi connectivity index (χ0) is 15.4. The number of aryl methyl sites for hydroxylation is 2. The molecule has 0 radical (unpaired) electrons. The first-order chi connectivity index (χ1) is 10.6. The van der Waals surface area contributed by atoms with Crippen molar-refractivity contribution >= 4 is 5.91 Å². The lowest BCUT2D eigenvalue weighted by molar-refractivity contribution is -0.148. The van der Waals surface area contributed by atoms with Crippen LogP contribution in [-0.2, 0) is 4.79 Å². The van der Waals surface area contributed by atoms with E-state index in [2.05, 4.69) is 26.0 Å². The van der Waals surface area contributed by atoms with Gasteiger partial charge in [-0.25, -0.2) is 0 Å². The molecule has 1 amide bonds. The number of amides is 1. The van der Waals surface area contributed by atoms with Crippen molar-refractivity contribution in [1.29, 1.82) is 0 Å². The van der Waals surface area contributed by atoms with Crippen molar-refractivity contribution in [2.75, 3.05) is 13.1 Å². The molecule has 4 heteroatoms. The van der Waals surface area contributed by atoms with Crippen LogP contribution in [0.15, 0.2) is 12.1 Å². The molecule has 3 aliphatic rings. The Morgan fingerprint density at radius 3 is 2.32 bits per heavy atom. The second-order valence-electron chi connectivity index (χ2n) is 7.07. The summed E-state index contributed by atoms with van der Waals surface area (Å²) in [4.78, 5) is 12.8. The summed E-state index contributed by atoms with van der Waals surface area (Å²) in [6, 6.07) is 4.46. The van der Waals surface area contributed by atoms with Gasteiger partial charge in [0.1, 0.15) is 12.1 Å². The maximum absolute atomic E-state index is 12.8. The van der Waals surface area contributed by atoms with Crippen LogP contribution in [0.5, 0.6) is 0 Å². The number of hydrogen-bond acceptors (Lipinski definition) is 3. The quantitative estimate of drug-likeness (QED) is 0.912. The SMILES string of the molecule is Cc1cc(C2CC2)cc(C)c1C1C(=O)N2CCCCN2C1O. The summed E-state index contributed by atoms with van der Waals surface area (Å²) in [5.74, 6) is 0.356. The highest BCUT2D eigenvalue weighted by atomic mass is 16.3. The summed E-state index contributed by atoms with van der Waals surface area (Å²) >= 11 is 0. The van der Waals surface area contributed by atoms with Crippen molar-refractivity contribution in [3.05, 3.63) is 34.4 Å². The van der Waals surface area contributed by atoms with Gasteiger partial charge in [-0.15, -0.1) is 0 Å². The highest BCUT2D eigenvalue weighted by Gasteiger charge is 2.48. The van der Waals surface area contributed by atoms with Gasteiger partial charge in [0.15, 0.2) is 0 Å². The molecular weight excluding hydrogens is 276 g/mol. The largest absolute Gasteiger partial charge is 0.375 e. The number of rotatable bonds is 2. The van der Waals surface area contributed by atoms with Crippen molar-refractivity contribution in [3.63, 3.8) is 0 Å². The Balaban J connectivity index is 1.73. The van der Waals surface area contributed by atoms with Crippen LogP contribution in [0.25, 0.3) is 0 Å². The normalized spacial score (nSPS) is 29.0. The molecule has 118 valence electrons. The van der Waals surface area contributed by atoms with Gasteiger partial charge < -0.3 is 5.11 Å². The second-order valence-corrected chi connectivity index (χ2v) is 7.07. The van der Waals surface area contributed by atoms with Crippen molar-refractivity contribution in [1.82, 2.24) is 10.0 Å². The van der Waals surface area contributed by atoms with E-state index in [1.165, 1.54) is 18.4 Å². The number of benzene rings is 1. The summed E-state index contributed by atoms with van der Waals surface area (Å²) in [6.07, 6.45) is 3.93. The Morgan fingerprint density at radius 1 is 1.09 bits per heavy atom. The molecule has 3 fully saturated rings. The van der Waals surface area contributed by atoms with Crippen LogP contribution in [0.4, 0.5) is 0 Å². The molecule has 1 saturated carbocycles. The fourth-order valence-corrected chi connectivity index (χ4v) is 4.18. The molecule has 1 aromatic carbocycles. The molecule has 4 rings (SSSR count). The van der Waals surface area contributed by atoms with Crippen molar-refractivity contribution in [3.8, 4) is 0 Å². The molecule has 1 aromatic rings. The Morgan fingerprint density at radius 2 is 1.73 bits per heavy atom. The van der Waals surface area contributed by atoms with E-state index in [9.17, 15) is 9.90 Å². The minimum Gasteiger partial charge on any atom is -0.375 e. The number of aliphatic hydroxyl groups excluding tert-OH is 1. The lowest BCUT2D eigenvalue weighted by Crippen LogP contribution is -2.46.